The Labute approximate surface area is 121 Å². The molecule has 7 nitrogen and oxygen atoms in total. The van der Waals surface area contributed by atoms with Crippen molar-refractivity contribution in [1.29, 1.82) is 0 Å². The van der Waals surface area contributed by atoms with Gasteiger partial charge in [0, 0.05) is 31.7 Å². The van der Waals surface area contributed by atoms with Crippen molar-refractivity contribution in [3.05, 3.63) is 15.4 Å². The number of nitrogens with zero attached hydrogens (tertiary/aromatic N) is 1. The van der Waals surface area contributed by atoms with E-state index in [4.69, 9.17) is 0 Å². The molecule has 1 aromatic rings. The molecule has 1 aliphatic rings. The summed E-state index contributed by atoms with van der Waals surface area (Å²) in [6.07, 6.45) is 0.995. The van der Waals surface area contributed by atoms with Gasteiger partial charge in [-0.25, -0.2) is 8.42 Å². The van der Waals surface area contributed by atoms with E-state index in [-0.39, 0.29) is 20.9 Å². The predicted octanol–water partition coefficient (Wildman–Crippen LogP) is -0.108. The van der Waals surface area contributed by atoms with Crippen molar-refractivity contribution < 1.29 is 13.2 Å². The van der Waals surface area contributed by atoms with Gasteiger partial charge in [0.15, 0.2) is 4.21 Å². The van der Waals surface area contributed by atoms with Crippen LogP contribution in [0.3, 0.4) is 0 Å². The molecular weight excluding hydrogens is 302 g/mol. The van der Waals surface area contributed by atoms with E-state index in [2.05, 4.69) is 10.3 Å². The number of carbonyl (C=O) groups excluding carboxylic acids is 1. The first-order chi connectivity index (χ1) is 9.36. The molecule has 0 unspecified atom stereocenters. The molecule has 1 fully saturated rings. The number of hydrogen-bond donors (Lipinski definition) is 2. The highest BCUT2D eigenvalue weighted by molar-refractivity contribution is 7.91. The van der Waals surface area contributed by atoms with Crippen LogP contribution in [0.25, 0.3) is 0 Å². The van der Waals surface area contributed by atoms with Crippen LogP contribution in [-0.2, 0) is 14.8 Å². The van der Waals surface area contributed by atoms with Crippen molar-refractivity contribution in [1.82, 2.24) is 14.6 Å². The van der Waals surface area contributed by atoms with Crippen LogP contribution >= 0.6 is 11.3 Å². The second-order valence-electron chi connectivity index (χ2n) is 4.72. The molecule has 9 heteroatoms. The van der Waals surface area contributed by atoms with Crippen molar-refractivity contribution in [3.63, 3.8) is 0 Å². The molecule has 2 rings (SSSR count). The Hall–Kier alpha value is -1.19. The van der Waals surface area contributed by atoms with Gasteiger partial charge in [0.1, 0.15) is 0 Å². The zero-order valence-corrected chi connectivity index (χ0v) is 12.9. The fourth-order valence-electron chi connectivity index (χ4n) is 2.32. The minimum absolute atomic E-state index is 0.0514. The van der Waals surface area contributed by atoms with Gasteiger partial charge in [-0.1, -0.05) is 11.3 Å². The standard InChI is InChI=1S/C11H17N3O4S2/c1-7-10(19-11(16)13-7)20(17,18)14-5-3-8(4-6-14)9(15)12-2/h8H,3-6H2,1-2H3,(H,12,15)(H,13,16). The molecular formula is C11H17N3O4S2. The lowest BCUT2D eigenvalue weighted by atomic mass is 9.97. The van der Waals surface area contributed by atoms with Crippen LogP contribution in [0.15, 0.2) is 9.00 Å². The van der Waals surface area contributed by atoms with Crippen LogP contribution < -0.4 is 10.2 Å². The molecule has 0 aromatic carbocycles. The molecule has 20 heavy (non-hydrogen) atoms. The van der Waals surface area contributed by atoms with E-state index in [1.54, 1.807) is 14.0 Å². The molecule has 0 atom stereocenters. The summed E-state index contributed by atoms with van der Waals surface area (Å²) >= 11 is 0.707. The molecule has 0 saturated carbocycles. The van der Waals surface area contributed by atoms with E-state index in [0.717, 1.165) is 0 Å². The van der Waals surface area contributed by atoms with Gasteiger partial charge in [-0.05, 0) is 19.8 Å². The second kappa shape index (κ2) is 5.66. The molecule has 0 aliphatic carbocycles. The Morgan fingerprint density at radius 1 is 1.40 bits per heavy atom. The molecule has 0 radical (unpaired) electrons. The third-order valence-electron chi connectivity index (χ3n) is 3.43. The predicted molar refractivity (Wildman–Crippen MR) is 75.2 cm³/mol. The van der Waals surface area contributed by atoms with Gasteiger partial charge in [0.05, 0.1) is 0 Å². The lowest BCUT2D eigenvalue weighted by molar-refractivity contribution is -0.125. The Balaban J connectivity index is 2.16. The third kappa shape index (κ3) is 2.79. The summed E-state index contributed by atoms with van der Waals surface area (Å²) in [6, 6.07) is 0. The minimum Gasteiger partial charge on any atom is -0.359 e. The topological polar surface area (TPSA) is 99.3 Å². The number of carbonyl (C=O) groups is 1. The van der Waals surface area contributed by atoms with Crippen LogP contribution in [0.4, 0.5) is 0 Å². The van der Waals surface area contributed by atoms with Gasteiger partial charge in [-0.15, -0.1) is 0 Å². The molecule has 0 spiro atoms. The monoisotopic (exact) mass is 319 g/mol. The molecule has 1 aliphatic heterocycles. The van der Waals surface area contributed by atoms with Gasteiger partial charge in [-0.2, -0.15) is 4.31 Å². The summed E-state index contributed by atoms with van der Waals surface area (Å²) in [5, 5.41) is 2.58. The van der Waals surface area contributed by atoms with Crippen LogP contribution in [0.2, 0.25) is 0 Å². The van der Waals surface area contributed by atoms with E-state index in [1.807, 2.05) is 0 Å². The minimum atomic E-state index is -3.64. The lowest BCUT2D eigenvalue weighted by Gasteiger charge is -2.29. The summed E-state index contributed by atoms with van der Waals surface area (Å²) in [7, 11) is -2.06. The van der Waals surface area contributed by atoms with Crippen molar-refractivity contribution >= 4 is 27.3 Å². The average molecular weight is 319 g/mol. The van der Waals surface area contributed by atoms with Gasteiger partial charge in [0.25, 0.3) is 10.0 Å². The van der Waals surface area contributed by atoms with Crippen LogP contribution in [-0.4, -0.2) is 43.8 Å². The molecule has 2 N–H and O–H groups in total. The number of amides is 1. The maximum Gasteiger partial charge on any atom is 0.305 e. The van der Waals surface area contributed by atoms with E-state index < -0.39 is 10.0 Å². The largest absolute Gasteiger partial charge is 0.359 e. The van der Waals surface area contributed by atoms with E-state index in [1.165, 1.54) is 4.31 Å². The normalized spacial score (nSPS) is 18.1. The number of hydrogen-bond acceptors (Lipinski definition) is 5. The average Bonchev–Trinajstić information content (AvgIpc) is 2.77. The molecule has 2 heterocycles. The number of thiazole rings is 1. The Bertz CT molecular complexity index is 653. The van der Waals surface area contributed by atoms with Crippen LogP contribution in [0.1, 0.15) is 18.5 Å². The van der Waals surface area contributed by atoms with Crippen molar-refractivity contribution in [3.8, 4) is 0 Å². The maximum absolute atomic E-state index is 12.4. The van der Waals surface area contributed by atoms with Crippen molar-refractivity contribution in [2.75, 3.05) is 20.1 Å². The lowest BCUT2D eigenvalue weighted by Crippen LogP contribution is -2.42. The Morgan fingerprint density at radius 2 is 2.00 bits per heavy atom. The van der Waals surface area contributed by atoms with E-state index in [0.29, 0.717) is 43.0 Å². The summed E-state index contributed by atoms with van der Waals surface area (Å²) in [4.78, 5) is 24.9. The quantitative estimate of drug-likeness (QED) is 0.812. The van der Waals surface area contributed by atoms with Gasteiger partial charge >= 0.3 is 4.87 Å². The number of piperidine rings is 1. The number of aryl methyl sites for hydroxylation is 1. The number of aromatic amines is 1. The van der Waals surface area contributed by atoms with E-state index >= 15 is 0 Å². The summed E-state index contributed by atoms with van der Waals surface area (Å²) in [5.41, 5.74) is 0.369. The second-order valence-corrected chi connectivity index (χ2v) is 7.84. The van der Waals surface area contributed by atoms with E-state index in [9.17, 15) is 18.0 Å². The third-order valence-corrected chi connectivity index (χ3v) is 6.91. The first-order valence-corrected chi connectivity index (χ1v) is 8.53. The smallest absolute Gasteiger partial charge is 0.305 e. The molecule has 112 valence electrons. The van der Waals surface area contributed by atoms with Gasteiger partial charge in [0.2, 0.25) is 5.91 Å². The highest BCUT2D eigenvalue weighted by Crippen LogP contribution is 2.26. The van der Waals surface area contributed by atoms with Crippen molar-refractivity contribution in [2.24, 2.45) is 5.92 Å². The highest BCUT2D eigenvalue weighted by atomic mass is 32.2. The van der Waals surface area contributed by atoms with Crippen LogP contribution in [0, 0.1) is 12.8 Å². The summed E-state index contributed by atoms with van der Waals surface area (Å²) < 4.78 is 26.3. The molecule has 1 amide bonds. The number of H-pyrrole nitrogens is 1. The first kappa shape index (κ1) is 15.2. The Morgan fingerprint density at radius 3 is 2.45 bits per heavy atom. The SMILES string of the molecule is CNC(=O)C1CCN(S(=O)(=O)c2sc(=O)[nH]c2C)CC1. The number of nitrogens with one attached hydrogen (secondary N) is 2. The number of sulfonamides is 1. The number of rotatable bonds is 3. The first-order valence-electron chi connectivity index (χ1n) is 6.27. The summed E-state index contributed by atoms with van der Waals surface area (Å²) in [5.74, 6) is -0.193. The van der Waals surface area contributed by atoms with Crippen LogP contribution in [0.5, 0.6) is 0 Å². The molecule has 1 saturated heterocycles. The fraction of sp³-hybridized carbons (Fsp3) is 0.636. The number of aromatic nitrogens is 1. The zero-order valence-electron chi connectivity index (χ0n) is 11.3. The summed E-state index contributed by atoms with van der Waals surface area (Å²) in [6.45, 7) is 2.17. The highest BCUT2D eigenvalue weighted by Gasteiger charge is 2.33. The maximum atomic E-state index is 12.4. The van der Waals surface area contributed by atoms with Gasteiger partial charge in [-0.3, -0.25) is 9.59 Å². The van der Waals surface area contributed by atoms with Gasteiger partial charge < -0.3 is 10.3 Å². The fourth-order valence-corrected chi connectivity index (χ4v) is 5.22. The van der Waals surface area contributed by atoms with Crippen molar-refractivity contribution in [2.45, 2.75) is 24.0 Å². The zero-order chi connectivity index (χ0) is 14.9. The molecule has 1 aromatic heterocycles. The Kier molecular flexibility index (Phi) is 4.31. The molecule has 0 bridgehead atoms.